The molecule has 3 aromatic rings. The van der Waals surface area contributed by atoms with E-state index >= 15 is 0 Å². The number of aromatic nitrogens is 4. The van der Waals surface area contributed by atoms with Crippen molar-refractivity contribution in [1.82, 2.24) is 40.4 Å². The number of carbonyl (C=O) groups excluding carboxylic acids is 4. The summed E-state index contributed by atoms with van der Waals surface area (Å²) in [5.74, 6) is 12.6. The summed E-state index contributed by atoms with van der Waals surface area (Å²) in [6, 6.07) is 5.84. The van der Waals surface area contributed by atoms with Crippen molar-refractivity contribution in [2.45, 2.75) is 77.5 Å². The molecule has 14 nitrogen and oxygen atoms in total. The first kappa shape index (κ1) is 37.5. The van der Waals surface area contributed by atoms with Crippen LogP contribution in [0.3, 0.4) is 0 Å². The zero-order valence-corrected chi connectivity index (χ0v) is 30.4. The molecular formula is C38H46N8O6. The van der Waals surface area contributed by atoms with Gasteiger partial charge in [-0.1, -0.05) is 45.7 Å². The Morgan fingerprint density at radius 3 is 1.77 bits per heavy atom. The molecule has 2 fully saturated rings. The molecule has 4 amide bonds. The Labute approximate surface area is 303 Å². The molecule has 0 bridgehead atoms. The van der Waals surface area contributed by atoms with Crippen molar-refractivity contribution in [2.75, 3.05) is 27.3 Å². The van der Waals surface area contributed by atoms with Crippen LogP contribution in [-0.2, 0) is 19.1 Å². The standard InChI is InChI=1S/C38H46N8O6/c1-23(2)31(43-37(49)51-5)35(47)45-19-9-13-29(45)33-39-21-27(41-33)12-8-7-11-25-15-17-26(18-16-25)28-22-40-34(42-28)30-14-10-20-46(30)36(48)32(24(3)4)44-38(50)52-6/h15-18,21-24,29-32H,9-10,13-14,19-20H2,1-6H3,(H,39,41)(H,40,42)(H,43,49)(H,44,50)/t29-,30-,31?,32?/m0/s1. The van der Waals surface area contributed by atoms with Gasteiger partial charge in [-0.15, -0.1) is 0 Å². The van der Waals surface area contributed by atoms with Crippen molar-refractivity contribution in [3.05, 3.63) is 59.6 Å². The van der Waals surface area contributed by atoms with Gasteiger partial charge >= 0.3 is 12.2 Å². The van der Waals surface area contributed by atoms with Crippen LogP contribution in [0.1, 0.15) is 88.4 Å². The van der Waals surface area contributed by atoms with E-state index in [4.69, 9.17) is 9.47 Å². The number of methoxy groups -OCH3 is 2. The quantitative estimate of drug-likeness (QED) is 0.238. The third kappa shape index (κ3) is 8.75. The number of ether oxygens (including phenoxy) is 2. The topological polar surface area (TPSA) is 175 Å². The van der Waals surface area contributed by atoms with E-state index in [1.54, 1.807) is 22.2 Å². The van der Waals surface area contributed by atoms with Gasteiger partial charge in [0, 0.05) is 18.7 Å². The second kappa shape index (κ2) is 17.0. The summed E-state index contributed by atoms with van der Waals surface area (Å²) < 4.78 is 9.44. The number of nitrogens with one attached hydrogen (secondary N) is 4. The van der Waals surface area contributed by atoms with Crippen LogP contribution in [0.4, 0.5) is 9.59 Å². The first-order valence-electron chi connectivity index (χ1n) is 17.5. The number of amides is 4. The molecule has 1 aromatic carbocycles. The summed E-state index contributed by atoms with van der Waals surface area (Å²) in [5.41, 5.74) is 3.11. The zero-order chi connectivity index (χ0) is 37.4. The van der Waals surface area contributed by atoms with Crippen LogP contribution in [0, 0.1) is 35.5 Å². The Balaban J connectivity index is 1.20. The molecule has 2 aliphatic rings. The highest BCUT2D eigenvalue weighted by Crippen LogP contribution is 2.33. The van der Waals surface area contributed by atoms with Crippen LogP contribution in [0.5, 0.6) is 0 Å². The first-order chi connectivity index (χ1) is 25.0. The molecular weight excluding hydrogens is 664 g/mol. The summed E-state index contributed by atoms with van der Waals surface area (Å²) in [4.78, 5) is 69.8. The van der Waals surface area contributed by atoms with Gasteiger partial charge in [0.05, 0.1) is 44.4 Å². The Morgan fingerprint density at radius 1 is 0.750 bits per heavy atom. The number of H-pyrrole nitrogens is 2. The minimum Gasteiger partial charge on any atom is -0.453 e. The van der Waals surface area contributed by atoms with Gasteiger partial charge in [-0.2, -0.15) is 0 Å². The van der Waals surface area contributed by atoms with E-state index in [0.29, 0.717) is 30.4 Å². The lowest BCUT2D eigenvalue weighted by Crippen LogP contribution is -2.51. The van der Waals surface area contributed by atoms with Gasteiger partial charge in [-0.3, -0.25) is 9.59 Å². The van der Waals surface area contributed by atoms with Crippen LogP contribution in [0.2, 0.25) is 0 Å². The lowest BCUT2D eigenvalue weighted by atomic mass is 10.0. The number of nitrogens with zero attached hydrogens (tertiary/aromatic N) is 4. The lowest BCUT2D eigenvalue weighted by Gasteiger charge is -2.30. The lowest BCUT2D eigenvalue weighted by molar-refractivity contribution is -0.136. The fourth-order valence-corrected chi connectivity index (χ4v) is 6.54. The van der Waals surface area contributed by atoms with E-state index in [1.807, 2.05) is 52.0 Å². The van der Waals surface area contributed by atoms with Crippen molar-refractivity contribution >= 4 is 24.0 Å². The average Bonchev–Trinajstić information content (AvgIpc) is 3.97. The van der Waals surface area contributed by atoms with Crippen LogP contribution in [0.15, 0.2) is 36.7 Å². The molecule has 14 heteroatoms. The average molecular weight is 711 g/mol. The maximum atomic E-state index is 13.4. The molecule has 2 aromatic heterocycles. The number of imidazole rings is 2. The smallest absolute Gasteiger partial charge is 0.407 e. The van der Waals surface area contributed by atoms with Crippen molar-refractivity contribution in [3.8, 4) is 34.9 Å². The highest BCUT2D eigenvalue weighted by molar-refractivity contribution is 5.87. The SMILES string of the molecule is COC(=O)NC(C(=O)N1CCC[C@H]1c1ncc(C#CC#Cc2ccc(-c3cnc([C@@H]4CCCN4C(=O)C(NC(=O)OC)C(C)C)[nH]3)cc2)[nH]1)C(C)C. The molecule has 52 heavy (non-hydrogen) atoms. The molecule has 4 atom stereocenters. The zero-order valence-electron chi connectivity index (χ0n) is 30.4. The van der Waals surface area contributed by atoms with E-state index in [-0.39, 0.29) is 35.7 Å². The summed E-state index contributed by atoms with van der Waals surface area (Å²) in [5, 5.41) is 5.33. The van der Waals surface area contributed by atoms with Gasteiger partial charge in [0.25, 0.3) is 0 Å². The van der Waals surface area contributed by atoms with Gasteiger partial charge in [0.1, 0.15) is 29.4 Å². The van der Waals surface area contributed by atoms with Crippen LogP contribution in [0.25, 0.3) is 11.3 Å². The fourth-order valence-electron chi connectivity index (χ4n) is 6.54. The minimum atomic E-state index is -0.703. The Hall–Kier alpha value is -5.76. The molecule has 2 saturated heterocycles. The molecule has 0 aliphatic carbocycles. The van der Waals surface area contributed by atoms with Gasteiger partial charge in [-0.05, 0) is 73.0 Å². The van der Waals surface area contributed by atoms with E-state index in [0.717, 1.165) is 42.5 Å². The molecule has 0 saturated carbocycles. The molecule has 4 heterocycles. The minimum absolute atomic E-state index is 0.111. The summed E-state index contributed by atoms with van der Waals surface area (Å²) in [7, 11) is 2.55. The van der Waals surface area contributed by atoms with Gasteiger partial charge in [-0.25, -0.2) is 19.6 Å². The maximum absolute atomic E-state index is 13.4. The van der Waals surface area contributed by atoms with Gasteiger partial charge in [0.2, 0.25) is 11.8 Å². The highest BCUT2D eigenvalue weighted by atomic mass is 16.5. The molecule has 2 unspecified atom stereocenters. The van der Waals surface area contributed by atoms with Crippen molar-refractivity contribution < 1.29 is 28.7 Å². The summed E-state index contributed by atoms with van der Waals surface area (Å²) >= 11 is 0. The van der Waals surface area contributed by atoms with Gasteiger partial charge < -0.3 is 39.9 Å². The third-order valence-corrected chi connectivity index (χ3v) is 9.34. The molecule has 2 aliphatic heterocycles. The van der Waals surface area contributed by atoms with E-state index in [9.17, 15) is 19.2 Å². The number of hydrogen-bond acceptors (Lipinski definition) is 8. The summed E-state index contributed by atoms with van der Waals surface area (Å²) in [6.07, 6.45) is 5.30. The van der Waals surface area contributed by atoms with E-state index in [1.165, 1.54) is 14.2 Å². The van der Waals surface area contributed by atoms with E-state index in [2.05, 4.69) is 54.3 Å². The predicted molar refractivity (Wildman–Crippen MR) is 192 cm³/mol. The number of rotatable bonds is 9. The second-order valence-electron chi connectivity index (χ2n) is 13.5. The Bertz CT molecular complexity index is 1880. The van der Waals surface area contributed by atoms with Crippen LogP contribution < -0.4 is 10.6 Å². The number of alkyl carbamates (subject to hydrolysis) is 2. The Kier molecular flexibility index (Phi) is 12.2. The van der Waals surface area contributed by atoms with Crippen molar-refractivity contribution in [3.63, 3.8) is 0 Å². The monoisotopic (exact) mass is 710 g/mol. The number of hydrogen-bond donors (Lipinski definition) is 4. The molecule has 274 valence electrons. The highest BCUT2D eigenvalue weighted by Gasteiger charge is 2.38. The largest absolute Gasteiger partial charge is 0.453 e. The molecule has 0 radical (unpaired) electrons. The van der Waals surface area contributed by atoms with Crippen molar-refractivity contribution in [1.29, 1.82) is 0 Å². The molecule has 4 N–H and O–H groups in total. The number of likely N-dealkylation sites (tertiary alicyclic amines) is 2. The predicted octanol–water partition coefficient (Wildman–Crippen LogP) is 4.29. The number of aromatic amines is 2. The molecule has 5 rings (SSSR count). The molecule has 0 spiro atoms. The fraction of sp³-hybridized carbons (Fsp3) is 0.474. The van der Waals surface area contributed by atoms with Crippen molar-refractivity contribution in [2.24, 2.45) is 11.8 Å². The first-order valence-corrected chi connectivity index (χ1v) is 17.5. The second-order valence-corrected chi connectivity index (χ2v) is 13.5. The maximum Gasteiger partial charge on any atom is 0.407 e. The van der Waals surface area contributed by atoms with Gasteiger partial charge in [0.15, 0.2) is 0 Å². The number of carbonyl (C=O) groups is 4. The van der Waals surface area contributed by atoms with E-state index < -0.39 is 24.3 Å². The van der Waals surface area contributed by atoms with Crippen LogP contribution >= 0.6 is 0 Å². The third-order valence-electron chi connectivity index (χ3n) is 9.34. The normalized spacial score (nSPS) is 17.8. The summed E-state index contributed by atoms with van der Waals surface area (Å²) in [6.45, 7) is 8.68. The Morgan fingerprint density at radius 2 is 1.25 bits per heavy atom. The van der Waals surface area contributed by atoms with Crippen LogP contribution in [-0.4, -0.2) is 93.1 Å². The number of benzene rings is 1.